The number of nitrogens with one attached hydrogen (secondary N) is 1. The van der Waals surface area contributed by atoms with Crippen LogP contribution in [0.1, 0.15) is 19.3 Å². The quantitative estimate of drug-likeness (QED) is 0.530. The summed E-state index contributed by atoms with van der Waals surface area (Å²) in [6.07, 6.45) is 2.01. The number of imide groups is 2. The van der Waals surface area contributed by atoms with Crippen molar-refractivity contribution in [3.8, 4) is 0 Å². The van der Waals surface area contributed by atoms with E-state index in [0.717, 1.165) is 11.3 Å². The SMILES string of the molecule is CN1C(=O)NC(=O)C2(CCC2)C1=O. The molecule has 1 saturated heterocycles. The normalized spacial score (nSPS) is 25.9. The van der Waals surface area contributed by atoms with Crippen LogP contribution in [0.3, 0.4) is 0 Å². The first kappa shape index (κ1) is 8.22. The van der Waals surface area contributed by atoms with Crippen LogP contribution in [0.25, 0.3) is 0 Å². The third-order valence-corrected chi connectivity index (χ3v) is 2.88. The van der Waals surface area contributed by atoms with Crippen molar-refractivity contribution in [2.24, 2.45) is 5.41 Å². The van der Waals surface area contributed by atoms with E-state index in [1.54, 1.807) is 0 Å². The highest BCUT2D eigenvalue weighted by Crippen LogP contribution is 2.43. The van der Waals surface area contributed by atoms with Gasteiger partial charge in [-0.15, -0.1) is 0 Å². The van der Waals surface area contributed by atoms with E-state index in [1.165, 1.54) is 7.05 Å². The molecule has 5 heteroatoms. The summed E-state index contributed by atoms with van der Waals surface area (Å²) in [6, 6.07) is -0.618. The van der Waals surface area contributed by atoms with E-state index in [2.05, 4.69) is 5.32 Å². The number of carbonyl (C=O) groups excluding carboxylic acids is 3. The minimum atomic E-state index is -0.914. The standard InChI is InChI=1S/C8H10N2O3/c1-10-6(12)8(3-2-4-8)5(11)9-7(10)13/h2-4H2,1H3,(H,9,11,13). The van der Waals surface area contributed by atoms with Crippen molar-refractivity contribution in [3.63, 3.8) is 0 Å². The lowest BCUT2D eigenvalue weighted by Gasteiger charge is -2.43. The number of hydrogen-bond acceptors (Lipinski definition) is 3. The van der Waals surface area contributed by atoms with Crippen LogP contribution in [-0.2, 0) is 9.59 Å². The van der Waals surface area contributed by atoms with Gasteiger partial charge in [0.25, 0.3) is 0 Å². The van der Waals surface area contributed by atoms with Crippen LogP contribution >= 0.6 is 0 Å². The fraction of sp³-hybridized carbons (Fsp3) is 0.625. The average Bonchev–Trinajstić information content (AvgIpc) is 1.98. The molecular formula is C8H10N2O3. The summed E-state index contributed by atoms with van der Waals surface area (Å²) in [5, 5.41) is 2.18. The highest BCUT2D eigenvalue weighted by Gasteiger charge is 2.56. The highest BCUT2D eigenvalue weighted by molar-refractivity contribution is 6.19. The van der Waals surface area contributed by atoms with Gasteiger partial charge in [0.05, 0.1) is 0 Å². The fourth-order valence-electron chi connectivity index (χ4n) is 1.78. The van der Waals surface area contributed by atoms with Crippen molar-refractivity contribution in [2.75, 3.05) is 7.05 Å². The number of amides is 4. The number of rotatable bonds is 0. The Morgan fingerprint density at radius 2 is 1.92 bits per heavy atom. The Kier molecular flexibility index (Phi) is 1.46. The van der Waals surface area contributed by atoms with Crippen LogP contribution in [0.2, 0.25) is 0 Å². The molecule has 0 unspecified atom stereocenters. The second-order valence-corrected chi connectivity index (χ2v) is 3.56. The van der Waals surface area contributed by atoms with Gasteiger partial charge in [0.15, 0.2) is 0 Å². The molecule has 0 atom stereocenters. The molecule has 5 nitrogen and oxygen atoms in total. The number of hydrogen-bond donors (Lipinski definition) is 1. The molecule has 1 aliphatic carbocycles. The summed E-state index contributed by atoms with van der Waals surface area (Å²) < 4.78 is 0. The van der Waals surface area contributed by atoms with E-state index in [0.29, 0.717) is 12.8 Å². The van der Waals surface area contributed by atoms with Gasteiger partial charge in [-0.1, -0.05) is 6.42 Å². The first-order valence-corrected chi connectivity index (χ1v) is 4.21. The molecule has 1 heterocycles. The van der Waals surface area contributed by atoms with Crippen LogP contribution in [0.4, 0.5) is 4.79 Å². The third kappa shape index (κ3) is 0.839. The van der Waals surface area contributed by atoms with E-state index in [9.17, 15) is 14.4 Å². The Labute approximate surface area is 75.1 Å². The van der Waals surface area contributed by atoms with Gasteiger partial charge < -0.3 is 0 Å². The van der Waals surface area contributed by atoms with Gasteiger partial charge in [-0.3, -0.25) is 19.8 Å². The molecule has 0 aromatic heterocycles. The van der Waals surface area contributed by atoms with Crippen molar-refractivity contribution >= 4 is 17.8 Å². The lowest BCUT2D eigenvalue weighted by Crippen LogP contribution is -2.64. The van der Waals surface area contributed by atoms with E-state index < -0.39 is 17.4 Å². The van der Waals surface area contributed by atoms with Gasteiger partial charge >= 0.3 is 6.03 Å². The van der Waals surface area contributed by atoms with Crippen LogP contribution in [0.15, 0.2) is 0 Å². The molecule has 4 amide bonds. The Morgan fingerprint density at radius 3 is 2.38 bits per heavy atom. The zero-order valence-corrected chi connectivity index (χ0v) is 7.29. The van der Waals surface area contributed by atoms with Crippen LogP contribution in [-0.4, -0.2) is 29.8 Å². The van der Waals surface area contributed by atoms with Crippen LogP contribution in [0.5, 0.6) is 0 Å². The van der Waals surface area contributed by atoms with Crippen LogP contribution in [0, 0.1) is 5.41 Å². The molecule has 0 aromatic rings. The highest BCUT2D eigenvalue weighted by atomic mass is 16.2. The van der Waals surface area contributed by atoms with E-state index in [-0.39, 0.29) is 5.91 Å². The summed E-state index contributed by atoms with van der Waals surface area (Å²) >= 11 is 0. The topological polar surface area (TPSA) is 66.5 Å². The largest absolute Gasteiger partial charge is 0.330 e. The molecule has 2 fully saturated rings. The lowest BCUT2D eigenvalue weighted by atomic mass is 9.66. The van der Waals surface area contributed by atoms with Gasteiger partial charge in [0.1, 0.15) is 5.41 Å². The monoisotopic (exact) mass is 182 g/mol. The summed E-state index contributed by atoms with van der Waals surface area (Å²) in [5.41, 5.74) is -0.914. The van der Waals surface area contributed by atoms with Crippen molar-refractivity contribution in [1.82, 2.24) is 10.2 Å². The summed E-state index contributed by atoms with van der Waals surface area (Å²) in [6.45, 7) is 0. The summed E-state index contributed by atoms with van der Waals surface area (Å²) in [7, 11) is 1.39. The Morgan fingerprint density at radius 1 is 1.31 bits per heavy atom. The molecule has 1 aliphatic heterocycles. The molecule has 1 N–H and O–H groups in total. The van der Waals surface area contributed by atoms with Crippen molar-refractivity contribution in [1.29, 1.82) is 0 Å². The van der Waals surface area contributed by atoms with Gasteiger partial charge in [-0.25, -0.2) is 4.79 Å². The lowest BCUT2D eigenvalue weighted by molar-refractivity contribution is -0.156. The molecule has 2 rings (SSSR count). The number of barbiturate groups is 1. The maximum atomic E-state index is 11.6. The van der Waals surface area contributed by atoms with Crippen molar-refractivity contribution in [2.45, 2.75) is 19.3 Å². The Bertz CT molecular complexity index is 307. The van der Waals surface area contributed by atoms with E-state index in [1.807, 2.05) is 0 Å². The van der Waals surface area contributed by atoms with Crippen molar-refractivity contribution in [3.05, 3.63) is 0 Å². The number of nitrogens with zero attached hydrogens (tertiary/aromatic N) is 1. The molecule has 1 spiro atoms. The summed E-state index contributed by atoms with van der Waals surface area (Å²) in [4.78, 5) is 35.0. The second kappa shape index (κ2) is 2.31. The minimum absolute atomic E-state index is 0.354. The van der Waals surface area contributed by atoms with Gasteiger partial charge in [-0.2, -0.15) is 0 Å². The second-order valence-electron chi connectivity index (χ2n) is 3.56. The molecular weight excluding hydrogens is 172 g/mol. The fourth-order valence-corrected chi connectivity index (χ4v) is 1.78. The van der Waals surface area contributed by atoms with Gasteiger partial charge in [0, 0.05) is 7.05 Å². The Balaban J connectivity index is 2.34. The minimum Gasteiger partial charge on any atom is -0.277 e. The molecule has 1 saturated carbocycles. The molecule has 13 heavy (non-hydrogen) atoms. The maximum Gasteiger partial charge on any atom is 0.330 e. The summed E-state index contributed by atoms with van der Waals surface area (Å²) in [5.74, 6) is -0.778. The number of urea groups is 1. The zero-order chi connectivity index (χ0) is 9.64. The zero-order valence-electron chi connectivity index (χ0n) is 7.29. The Hall–Kier alpha value is -1.39. The van der Waals surface area contributed by atoms with E-state index in [4.69, 9.17) is 0 Å². The molecule has 0 bridgehead atoms. The third-order valence-electron chi connectivity index (χ3n) is 2.88. The molecule has 2 aliphatic rings. The van der Waals surface area contributed by atoms with Gasteiger partial charge in [0.2, 0.25) is 11.8 Å². The number of carbonyl (C=O) groups is 3. The predicted molar refractivity (Wildman–Crippen MR) is 42.6 cm³/mol. The molecule has 70 valence electrons. The predicted octanol–water partition coefficient (Wildman–Crippen LogP) is -0.135. The average molecular weight is 182 g/mol. The smallest absolute Gasteiger partial charge is 0.277 e. The molecule has 0 radical (unpaired) electrons. The van der Waals surface area contributed by atoms with Crippen molar-refractivity contribution < 1.29 is 14.4 Å². The molecule has 0 aromatic carbocycles. The first-order valence-electron chi connectivity index (χ1n) is 4.21. The van der Waals surface area contributed by atoms with E-state index >= 15 is 0 Å². The van der Waals surface area contributed by atoms with Crippen LogP contribution < -0.4 is 5.32 Å². The van der Waals surface area contributed by atoms with Gasteiger partial charge in [-0.05, 0) is 12.8 Å². The maximum absolute atomic E-state index is 11.6. The first-order chi connectivity index (χ1) is 6.08.